The lowest BCUT2D eigenvalue weighted by molar-refractivity contribution is -0.138. The van der Waals surface area contributed by atoms with Crippen molar-refractivity contribution in [2.45, 2.75) is 32.2 Å². The summed E-state index contributed by atoms with van der Waals surface area (Å²) in [7, 11) is 1.63. The Morgan fingerprint density at radius 3 is 3.04 bits per heavy atom. The molecule has 1 saturated heterocycles. The molecule has 1 aromatic heterocycles. The molecule has 1 amide bonds. The minimum Gasteiger partial charge on any atom is -0.497 e. The lowest BCUT2D eigenvalue weighted by Gasteiger charge is -2.30. The maximum atomic E-state index is 13.1. The molecular weight excluding hydrogens is 322 g/mol. The van der Waals surface area contributed by atoms with Crippen LogP contribution in [0.5, 0.6) is 11.5 Å². The Kier molecular flexibility index (Phi) is 4.07. The Balaban J connectivity index is 1.51. The van der Waals surface area contributed by atoms with Crippen LogP contribution in [-0.2, 0) is 11.2 Å². The van der Waals surface area contributed by atoms with E-state index in [4.69, 9.17) is 14.0 Å². The summed E-state index contributed by atoms with van der Waals surface area (Å²) in [6.45, 7) is 2.87. The van der Waals surface area contributed by atoms with Gasteiger partial charge >= 0.3 is 0 Å². The summed E-state index contributed by atoms with van der Waals surface area (Å²) in [6.07, 6.45) is 2.49. The van der Waals surface area contributed by atoms with E-state index in [1.807, 2.05) is 23.1 Å². The maximum absolute atomic E-state index is 13.1. The molecule has 0 saturated carbocycles. The molecule has 3 heterocycles. The summed E-state index contributed by atoms with van der Waals surface area (Å²) in [5, 5.41) is 4.01. The van der Waals surface area contributed by atoms with Crippen molar-refractivity contribution in [3.05, 3.63) is 35.5 Å². The summed E-state index contributed by atoms with van der Waals surface area (Å²) in [5.41, 5.74) is 1.04. The number of hydrogen-bond acceptors (Lipinski definition) is 6. The van der Waals surface area contributed by atoms with Crippen LogP contribution in [-0.4, -0.2) is 41.2 Å². The van der Waals surface area contributed by atoms with E-state index < -0.39 is 0 Å². The van der Waals surface area contributed by atoms with E-state index in [0.29, 0.717) is 24.7 Å². The van der Waals surface area contributed by atoms with Crippen LogP contribution in [0.1, 0.15) is 36.2 Å². The first-order valence-corrected chi connectivity index (χ1v) is 8.56. The fraction of sp³-hybridized carbons (Fsp3) is 0.500. The molecule has 0 N–H and O–H groups in total. The number of methoxy groups -OCH3 is 1. The zero-order valence-electron chi connectivity index (χ0n) is 14.4. The lowest BCUT2D eigenvalue weighted by Crippen LogP contribution is -2.40. The Morgan fingerprint density at radius 1 is 1.40 bits per heavy atom. The van der Waals surface area contributed by atoms with Crippen LogP contribution in [0.2, 0.25) is 0 Å². The van der Waals surface area contributed by atoms with Crippen molar-refractivity contribution >= 4 is 5.91 Å². The number of carbonyl (C=O) groups is 1. The highest BCUT2D eigenvalue weighted by Gasteiger charge is 2.38. The summed E-state index contributed by atoms with van der Waals surface area (Å²) in [6, 6.07) is 5.65. The molecule has 132 valence electrons. The smallest absolute Gasteiger partial charge is 0.230 e. The van der Waals surface area contributed by atoms with E-state index in [1.165, 1.54) is 0 Å². The number of aromatic nitrogens is 2. The molecule has 2 unspecified atom stereocenters. The highest BCUT2D eigenvalue weighted by Crippen LogP contribution is 2.35. The Morgan fingerprint density at radius 2 is 2.28 bits per heavy atom. The van der Waals surface area contributed by atoms with Crippen molar-refractivity contribution in [3.8, 4) is 11.5 Å². The molecule has 7 nitrogen and oxygen atoms in total. The molecule has 0 bridgehead atoms. The van der Waals surface area contributed by atoms with Gasteiger partial charge in [-0.2, -0.15) is 4.98 Å². The first kappa shape index (κ1) is 15.9. The van der Waals surface area contributed by atoms with Gasteiger partial charge in [-0.1, -0.05) is 11.2 Å². The van der Waals surface area contributed by atoms with Gasteiger partial charge in [-0.05, 0) is 30.9 Å². The fourth-order valence-corrected chi connectivity index (χ4v) is 3.62. The van der Waals surface area contributed by atoms with Crippen molar-refractivity contribution < 1.29 is 18.8 Å². The Labute approximate surface area is 145 Å². The predicted molar refractivity (Wildman–Crippen MR) is 88.4 cm³/mol. The van der Waals surface area contributed by atoms with E-state index in [1.54, 1.807) is 14.0 Å². The topological polar surface area (TPSA) is 77.7 Å². The van der Waals surface area contributed by atoms with Gasteiger partial charge in [0.1, 0.15) is 18.1 Å². The molecular formula is C18H21N3O4. The number of fused-ring (bicyclic) bond motifs is 1. The summed E-state index contributed by atoms with van der Waals surface area (Å²) >= 11 is 0. The van der Waals surface area contributed by atoms with Crippen LogP contribution >= 0.6 is 0 Å². The second-order valence-electron chi connectivity index (χ2n) is 6.55. The Bertz CT molecular complexity index is 788. The SMILES string of the molecule is COc1ccc2c(c1)OCC(C(=O)N1CCCC1c1noc(C)n1)C2. The molecule has 7 heteroatoms. The average Bonchev–Trinajstić information content (AvgIpc) is 3.28. The number of nitrogens with zero attached hydrogens (tertiary/aromatic N) is 3. The van der Waals surface area contributed by atoms with Crippen molar-refractivity contribution in [2.75, 3.05) is 20.3 Å². The fourth-order valence-electron chi connectivity index (χ4n) is 3.62. The van der Waals surface area contributed by atoms with E-state index in [0.717, 1.165) is 36.4 Å². The minimum absolute atomic E-state index is 0.0952. The predicted octanol–water partition coefficient (Wildman–Crippen LogP) is 2.30. The first-order chi connectivity index (χ1) is 12.2. The summed E-state index contributed by atoms with van der Waals surface area (Å²) in [5.74, 6) is 2.61. The highest BCUT2D eigenvalue weighted by atomic mass is 16.5. The normalized spacial score (nSPS) is 22.4. The van der Waals surface area contributed by atoms with Crippen LogP contribution in [0.4, 0.5) is 0 Å². The van der Waals surface area contributed by atoms with E-state index in [-0.39, 0.29) is 17.9 Å². The highest BCUT2D eigenvalue weighted by molar-refractivity contribution is 5.80. The monoisotopic (exact) mass is 343 g/mol. The van der Waals surface area contributed by atoms with Gasteiger partial charge < -0.3 is 18.9 Å². The van der Waals surface area contributed by atoms with E-state index in [2.05, 4.69) is 10.1 Å². The molecule has 2 atom stereocenters. The molecule has 1 aromatic carbocycles. The Hall–Kier alpha value is -2.57. The van der Waals surface area contributed by atoms with Crippen molar-refractivity contribution in [2.24, 2.45) is 5.92 Å². The van der Waals surface area contributed by atoms with E-state index in [9.17, 15) is 4.79 Å². The van der Waals surface area contributed by atoms with Crippen LogP contribution in [0.3, 0.4) is 0 Å². The van der Waals surface area contributed by atoms with Crippen LogP contribution in [0.15, 0.2) is 22.7 Å². The standard InChI is InChI=1S/C18H21N3O4/c1-11-19-17(20-25-11)15-4-3-7-21(15)18(22)13-8-12-5-6-14(23-2)9-16(12)24-10-13/h5-6,9,13,15H,3-4,7-8,10H2,1-2H3. The lowest BCUT2D eigenvalue weighted by atomic mass is 9.95. The molecule has 0 radical (unpaired) electrons. The third kappa shape index (κ3) is 2.94. The number of hydrogen-bond donors (Lipinski definition) is 0. The second kappa shape index (κ2) is 6.38. The molecule has 0 aliphatic carbocycles. The number of ether oxygens (including phenoxy) is 2. The van der Waals surface area contributed by atoms with Crippen LogP contribution in [0.25, 0.3) is 0 Å². The largest absolute Gasteiger partial charge is 0.497 e. The van der Waals surface area contributed by atoms with Gasteiger partial charge in [0.05, 0.1) is 19.1 Å². The molecule has 2 aliphatic rings. The minimum atomic E-state index is -0.186. The molecule has 0 spiro atoms. The second-order valence-corrected chi connectivity index (χ2v) is 6.55. The van der Waals surface area contributed by atoms with Crippen molar-refractivity contribution in [1.29, 1.82) is 0 Å². The number of aryl methyl sites for hydroxylation is 1. The molecule has 25 heavy (non-hydrogen) atoms. The zero-order valence-corrected chi connectivity index (χ0v) is 14.4. The van der Waals surface area contributed by atoms with Crippen molar-refractivity contribution in [1.82, 2.24) is 15.0 Å². The average molecular weight is 343 g/mol. The van der Waals surface area contributed by atoms with Gasteiger partial charge in [-0.15, -0.1) is 0 Å². The van der Waals surface area contributed by atoms with Crippen LogP contribution < -0.4 is 9.47 Å². The molecule has 1 fully saturated rings. The number of likely N-dealkylation sites (tertiary alicyclic amines) is 1. The van der Waals surface area contributed by atoms with Gasteiger partial charge in [0, 0.05) is 19.5 Å². The first-order valence-electron chi connectivity index (χ1n) is 8.56. The molecule has 4 rings (SSSR count). The number of amides is 1. The summed E-state index contributed by atoms with van der Waals surface area (Å²) < 4.78 is 16.1. The zero-order chi connectivity index (χ0) is 17.4. The van der Waals surface area contributed by atoms with Gasteiger partial charge in [-0.3, -0.25) is 4.79 Å². The number of benzene rings is 1. The van der Waals surface area contributed by atoms with E-state index >= 15 is 0 Å². The number of rotatable bonds is 3. The molecule has 2 aromatic rings. The van der Waals surface area contributed by atoms with Gasteiger partial charge in [0.25, 0.3) is 0 Å². The molecule has 2 aliphatic heterocycles. The number of carbonyl (C=O) groups excluding carboxylic acids is 1. The maximum Gasteiger partial charge on any atom is 0.230 e. The van der Waals surface area contributed by atoms with Crippen molar-refractivity contribution in [3.63, 3.8) is 0 Å². The van der Waals surface area contributed by atoms with Gasteiger partial charge in [-0.25, -0.2) is 0 Å². The third-order valence-corrected chi connectivity index (χ3v) is 4.91. The third-order valence-electron chi connectivity index (χ3n) is 4.91. The van der Waals surface area contributed by atoms with Gasteiger partial charge in [0.15, 0.2) is 5.82 Å². The van der Waals surface area contributed by atoms with Gasteiger partial charge in [0.2, 0.25) is 11.8 Å². The quantitative estimate of drug-likeness (QED) is 0.851. The summed E-state index contributed by atoms with van der Waals surface area (Å²) in [4.78, 5) is 19.2. The van der Waals surface area contributed by atoms with Crippen LogP contribution in [0, 0.1) is 12.8 Å².